The van der Waals surface area contributed by atoms with Gasteiger partial charge in [0.15, 0.2) is 0 Å². The smallest absolute Gasteiger partial charge is 0.223 e. The van der Waals surface area contributed by atoms with Crippen molar-refractivity contribution in [2.75, 3.05) is 13.1 Å². The van der Waals surface area contributed by atoms with Gasteiger partial charge in [0.2, 0.25) is 5.91 Å². The van der Waals surface area contributed by atoms with E-state index < -0.39 is 0 Å². The van der Waals surface area contributed by atoms with Crippen molar-refractivity contribution in [1.82, 2.24) is 5.32 Å². The zero-order valence-corrected chi connectivity index (χ0v) is 10.5. The van der Waals surface area contributed by atoms with E-state index in [2.05, 4.69) is 11.4 Å². The number of nitriles is 1. The van der Waals surface area contributed by atoms with Crippen LogP contribution in [0.3, 0.4) is 0 Å². The van der Waals surface area contributed by atoms with E-state index in [1.165, 1.54) is 0 Å². The number of hydrogen-bond acceptors (Lipinski definition) is 3. The molecule has 3 N–H and O–H groups in total. The topological polar surface area (TPSA) is 78.9 Å². The summed E-state index contributed by atoms with van der Waals surface area (Å²) in [5.41, 5.74) is 5.62. The van der Waals surface area contributed by atoms with Crippen LogP contribution in [0.5, 0.6) is 0 Å². The summed E-state index contributed by atoms with van der Waals surface area (Å²) in [5, 5.41) is 11.3. The van der Waals surface area contributed by atoms with Crippen LogP contribution >= 0.6 is 0 Å². The molecule has 4 nitrogen and oxygen atoms in total. The fourth-order valence-corrected chi connectivity index (χ4v) is 2.35. The number of nitrogens with two attached hydrogens (primary N) is 1. The van der Waals surface area contributed by atoms with Gasteiger partial charge in [0.1, 0.15) is 0 Å². The Labute approximate surface area is 104 Å². The van der Waals surface area contributed by atoms with Gasteiger partial charge >= 0.3 is 0 Å². The van der Waals surface area contributed by atoms with Crippen molar-refractivity contribution < 1.29 is 4.79 Å². The van der Waals surface area contributed by atoms with Crippen LogP contribution in [0.25, 0.3) is 0 Å². The van der Waals surface area contributed by atoms with Gasteiger partial charge in [-0.3, -0.25) is 4.79 Å². The van der Waals surface area contributed by atoms with Crippen molar-refractivity contribution in [3.8, 4) is 6.07 Å². The van der Waals surface area contributed by atoms with Gasteiger partial charge in [0.05, 0.1) is 6.07 Å². The van der Waals surface area contributed by atoms with E-state index in [0.717, 1.165) is 45.1 Å². The molecular weight excluding hydrogens is 214 g/mol. The lowest BCUT2D eigenvalue weighted by Gasteiger charge is -2.26. The Kier molecular flexibility index (Phi) is 6.64. The molecule has 0 spiro atoms. The Morgan fingerprint density at radius 2 is 2.00 bits per heavy atom. The normalized spacial score (nSPS) is 24.0. The van der Waals surface area contributed by atoms with Crippen molar-refractivity contribution in [2.24, 2.45) is 17.6 Å². The van der Waals surface area contributed by atoms with E-state index in [-0.39, 0.29) is 11.8 Å². The maximum absolute atomic E-state index is 11.8. The van der Waals surface area contributed by atoms with Crippen molar-refractivity contribution in [3.05, 3.63) is 0 Å². The predicted molar refractivity (Wildman–Crippen MR) is 67.0 cm³/mol. The van der Waals surface area contributed by atoms with Crippen LogP contribution in [0.4, 0.5) is 0 Å². The molecule has 1 fully saturated rings. The van der Waals surface area contributed by atoms with Gasteiger partial charge < -0.3 is 11.1 Å². The monoisotopic (exact) mass is 237 g/mol. The summed E-state index contributed by atoms with van der Waals surface area (Å²) >= 11 is 0. The molecule has 0 bridgehead atoms. The summed E-state index contributed by atoms with van der Waals surface area (Å²) in [6, 6.07) is 2.11. The number of unbranched alkanes of at least 4 members (excludes halogenated alkanes) is 2. The molecule has 0 aromatic heterocycles. The van der Waals surface area contributed by atoms with E-state index in [0.29, 0.717) is 18.9 Å². The lowest BCUT2D eigenvalue weighted by atomic mass is 9.81. The number of hydrogen-bond donors (Lipinski definition) is 2. The first-order chi connectivity index (χ1) is 8.27. The van der Waals surface area contributed by atoms with Gasteiger partial charge in [-0.2, -0.15) is 5.26 Å². The molecule has 1 aliphatic carbocycles. The summed E-state index contributed by atoms with van der Waals surface area (Å²) in [7, 11) is 0. The summed E-state index contributed by atoms with van der Waals surface area (Å²) < 4.78 is 0. The van der Waals surface area contributed by atoms with Gasteiger partial charge in [0.25, 0.3) is 0 Å². The molecule has 17 heavy (non-hydrogen) atoms. The van der Waals surface area contributed by atoms with E-state index >= 15 is 0 Å². The van der Waals surface area contributed by atoms with E-state index in [4.69, 9.17) is 11.0 Å². The van der Waals surface area contributed by atoms with Crippen molar-refractivity contribution in [1.29, 1.82) is 5.26 Å². The zero-order chi connectivity index (χ0) is 12.5. The molecule has 4 heteroatoms. The minimum atomic E-state index is 0.189. The summed E-state index contributed by atoms with van der Waals surface area (Å²) in [5.74, 6) is 1.00. The number of rotatable bonds is 6. The van der Waals surface area contributed by atoms with Crippen molar-refractivity contribution in [3.63, 3.8) is 0 Å². The van der Waals surface area contributed by atoms with Crippen LogP contribution in [0.1, 0.15) is 44.9 Å². The van der Waals surface area contributed by atoms with Crippen molar-refractivity contribution >= 4 is 5.91 Å². The second-order valence-electron chi connectivity index (χ2n) is 4.86. The third-order valence-corrected chi connectivity index (χ3v) is 3.57. The molecule has 0 aromatic carbocycles. The maximum atomic E-state index is 11.8. The van der Waals surface area contributed by atoms with E-state index in [9.17, 15) is 4.79 Å². The molecule has 96 valence electrons. The number of nitrogens with zero attached hydrogens (tertiary/aromatic N) is 1. The Morgan fingerprint density at radius 1 is 1.29 bits per heavy atom. The number of amides is 1. The van der Waals surface area contributed by atoms with Gasteiger partial charge in [0, 0.05) is 18.9 Å². The average molecular weight is 237 g/mol. The minimum absolute atomic E-state index is 0.189. The second-order valence-corrected chi connectivity index (χ2v) is 4.86. The molecule has 0 saturated heterocycles. The number of carbonyl (C=O) groups is 1. The lowest BCUT2D eigenvalue weighted by molar-refractivity contribution is -0.126. The number of nitrogens with one attached hydrogen (secondary N) is 1. The quantitative estimate of drug-likeness (QED) is 0.688. The lowest BCUT2D eigenvalue weighted by Crippen LogP contribution is -2.34. The standard InChI is InChI=1S/C13H23N3O/c14-8-2-1-3-9-16-13(17)12-6-4-11(10-15)5-7-12/h11-12H,1-7,9-10,15H2,(H,16,17). The molecule has 0 aromatic rings. The Bertz CT molecular complexity index is 264. The molecule has 1 aliphatic rings. The van der Waals surface area contributed by atoms with Crippen LogP contribution in [-0.4, -0.2) is 19.0 Å². The molecule has 0 unspecified atom stereocenters. The first kappa shape index (κ1) is 14.0. The highest BCUT2D eigenvalue weighted by Crippen LogP contribution is 2.28. The first-order valence-electron chi connectivity index (χ1n) is 6.62. The minimum Gasteiger partial charge on any atom is -0.356 e. The highest BCUT2D eigenvalue weighted by Gasteiger charge is 2.25. The maximum Gasteiger partial charge on any atom is 0.223 e. The molecule has 1 rings (SSSR count). The van der Waals surface area contributed by atoms with Gasteiger partial charge in [-0.15, -0.1) is 0 Å². The largest absolute Gasteiger partial charge is 0.356 e. The number of carbonyl (C=O) groups excluding carboxylic acids is 1. The average Bonchev–Trinajstić information content (AvgIpc) is 2.38. The molecule has 0 heterocycles. The Balaban J connectivity index is 2.10. The van der Waals surface area contributed by atoms with Gasteiger partial charge in [-0.1, -0.05) is 0 Å². The molecule has 1 saturated carbocycles. The van der Waals surface area contributed by atoms with Crippen LogP contribution < -0.4 is 11.1 Å². The summed E-state index contributed by atoms with van der Waals surface area (Å²) in [4.78, 5) is 11.8. The Morgan fingerprint density at radius 3 is 2.59 bits per heavy atom. The third kappa shape index (κ3) is 5.18. The second kappa shape index (κ2) is 8.08. The molecule has 1 amide bonds. The predicted octanol–water partition coefficient (Wildman–Crippen LogP) is 1.56. The molecule has 0 atom stereocenters. The SMILES string of the molecule is N#CCCCCNC(=O)C1CCC(CN)CC1. The molecule has 0 radical (unpaired) electrons. The highest BCUT2D eigenvalue weighted by molar-refractivity contribution is 5.78. The van der Waals surface area contributed by atoms with E-state index in [1.54, 1.807) is 0 Å². The van der Waals surface area contributed by atoms with Crippen LogP contribution in [0, 0.1) is 23.2 Å². The Hall–Kier alpha value is -1.08. The van der Waals surface area contributed by atoms with Gasteiger partial charge in [-0.25, -0.2) is 0 Å². The van der Waals surface area contributed by atoms with Crippen LogP contribution in [-0.2, 0) is 4.79 Å². The van der Waals surface area contributed by atoms with Crippen LogP contribution in [0.2, 0.25) is 0 Å². The van der Waals surface area contributed by atoms with Crippen LogP contribution in [0.15, 0.2) is 0 Å². The van der Waals surface area contributed by atoms with Crippen molar-refractivity contribution in [2.45, 2.75) is 44.9 Å². The first-order valence-corrected chi connectivity index (χ1v) is 6.62. The fraction of sp³-hybridized carbons (Fsp3) is 0.846. The summed E-state index contributed by atoms with van der Waals surface area (Å²) in [6.07, 6.45) is 6.48. The highest BCUT2D eigenvalue weighted by atomic mass is 16.1. The zero-order valence-electron chi connectivity index (χ0n) is 10.5. The van der Waals surface area contributed by atoms with E-state index in [1.807, 2.05) is 0 Å². The third-order valence-electron chi connectivity index (χ3n) is 3.57. The molecule has 0 aliphatic heterocycles. The summed E-state index contributed by atoms with van der Waals surface area (Å²) in [6.45, 7) is 1.46. The van der Waals surface area contributed by atoms with Gasteiger partial charge in [-0.05, 0) is 51.0 Å². The fourth-order valence-electron chi connectivity index (χ4n) is 2.35. The molecular formula is C13H23N3O.